The van der Waals surface area contributed by atoms with E-state index in [2.05, 4.69) is 42.8 Å². The molecule has 1 amide bonds. The van der Waals surface area contributed by atoms with Gasteiger partial charge in [0.25, 0.3) is 5.91 Å². The number of carbonyl (C=O) groups is 1. The Morgan fingerprint density at radius 3 is 2.04 bits per heavy atom. The maximum Gasteiger partial charge on any atom is 0.253 e. The molecule has 0 bridgehead atoms. The van der Waals surface area contributed by atoms with Crippen LogP contribution in [0.4, 0.5) is 5.69 Å². The second kappa shape index (κ2) is 6.63. The van der Waals surface area contributed by atoms with Gasteiger partial charge in [-0.1, -0.05) is 32.9 Å². The lowest BCUT2D eigenvalue weighted by molar-refractivity contribution is 0.0746. The van der Waals surface area contributed by atoms with E-state index in [0.717, 1.165) is 31.7 Å². The number of nitrogens with zero attached hydrogens (tertiary/aromatic N) is 3. The SMILES string of the molecule is CC(C)(C)c1ccc(C(=O)N2CCN(c3ccncc3)CC2)cc1. The number of hydrogen-bond donors (Lipinski definition) is 0. The van der Waals surface area contributed by atoms with Crippen molar-refractivity contribution in [3.05, 3.63) is 59.9 Å². The van der Waals surface area contributed by atoms with E-state index in [-0.39, 0.29) is 11.3 Å². The second-order valence-electron chi connectivity index (χ2n) is 7.31. The standard InChI is InChI=1S/C20H25N3O/c1-20(2,3)17-6-4-16(5-7-17)19(24)23-14-12-22(13-15-23)18-8-10-21-11-9-18/h4-11H,12-15H2,1-3H3. The topological polar surface area (TPSA) is 36.4 Å². The summed E-state index contributed by atoms with van der Waals surface area (Å²) in [5.74, 6) is 0.129. The number of carbonyl (C=O) groups excluding carboxylic acids is 1. The number of anilines is 1. The minimum Gasteiger partial charge on any atom is -0.368 e. The zero-order valence-electron chi connectivity index (χ0n) is 14.7. The van der Waals surface area contributed by atoms with Crippen LogP contribution >= 0.6 is 0 Å². The highest BCUT2D eigenvalue weighted by atomic mass is 16.2. The molecule has 3 rings (SSSR count). The monoisotopic (exact) mass is 323 g/mol. The third-order valence-electron chi connectivity index (χ3n) is 4.59. The van der Waals surface area contributed by atoms with Gasteiger partial charge in [-0.3, -0.25) is 9.78 Å². The number of aromatic nitrogens is 1. The second-order valence-corrected chi connectivity index (χ2v) is 7.31. The van der Waals surface area contributed by atoms with Crippen molar-refractivity contribution < 1.29 is 4.79 Å². The summed E-state index contributed by atoms with van der Waals surface area (Å²) in [5, 5.41) is 0. The van der Waals surface area contributed by atoms with E-state index >= 15 is 0 Å². The van der Waals surface area contributed by atoms with Crippen molar-refractivity contribution in [2.75, 3.05) is 31.1 Å². The predicted molar refractivity (Wildman–Crippen MR) is 97.5 cm³/mol. The molecule has 1 aromatic heterocycles. The van der Waals surface area contributed by atoms with E-state index in [4.69, 9.17) is 0 Å². The van der Waals surface area contributed by atoms with Crippen LogP contribution in [0, 0.1) is 0 Å². The summed E-state index contributed by atoms with van der Waals surface area (Å²) in [6.45, 7) is 9.77. The number of amides is 1. The van der Waals surface area contributed by atoms with Crippen molar-refractivity contribution in [2.24, 2.45) is 0 Å². The summed E-state index contributed by atoms with van der Waals surface area (Å²) >= 11 is 0. The lowest BCUT2D eigenvalue weighted by Gasteiger charge is -2.36. The quantitative estimate of drug-likeness (QED) is 0.850. The molecule has 126 valence electrons. The molecular formula is C20H25N3O. The summed E-state index contributed by atoms with van der Waals surface area (Å²) in [6.07, 6.45) is 3.62. The molecule has 0 aliphatic carbocycles. The summed E-state index contributed by atoms with van der Waals surface area (Å²) in [6, 6.07) is 12.1. The Bertz CT molecular complexity index is 681. The molecule has 1 saturated heterocycles. The average molecular weight is 323 g/mol. The van der Waals surface area contributed by atoms with Crippen LogP contribution in [0.3, 0.4) is 0 Å². The van der Waals surface area contributed by atoms with Gasteiger partial charge in [0.15, 0.2) is 0 Å². The van der Waals surface area contributed by atoms with E-state index in [1.807, 2.05) is 41.6 Å². The fraction of sp³-hybridized carbons (Fsp3) is 0.400. The van der Waals surface area contributed by atoms with Crippen LogP contribution < -0.4 is 4.90 Å². The molecule has 0 atom stereocenters. The molecule has 1 aromatic carbocycles. The maximum atomic E-state index is 12.7. The predicted octanol–water partition coefficient (Wildman–Crippen LogP) is 3.34. The van der Waals surface area contributed by atoms with Gasteiger partial charge in [-0.15, -0.1) is 0 Å². The van der Waals surface area contributed by atoms with Gasteiger partial charge in [0.05, 0.1) is 0 Å². The molecule has 1 fully saturated rings. The average Bonchev–Trinajstić information content (AvgIpc) is 2.61. The first kappa shape index (κ1) is 16.5. The van der Waals surface area contributed by atoms with E-state index in [1.165, 1.54) is 11.3 Å². The third kappa shape index (κ3) is 3.58. The largest absolute Gasteiger partial charge is 0.368 e. The molecule has 0 N–H and O–H groups in total. The van der Waals surface area contributed by atoms with Gasteiger partial charge in [-0.25, -0.2) is 0 Å². The number of benzene rings is 1. The van der Waals surface area contributed by atoms with Crippen LogP contribution in [-0.2, 0) is 5.41 Å². The lowest BCUT2D eigenvalue weighted by atomic mass is 9.86. The zero-order chi connectivity index (χ0) is 17.2. The van der Waals surface area contributed by atoms with Gasteiger partial charge in [0, 0.05) is 49.8 Å². The first-order valence-electron chi connectivity index (χ1n) is 8.50. The Morgan fingerprint density at radius 2 is 1.50 bits per heavy atom. The third-order valence-corrected chi connectivity index (χ3v) is 4.59. The summed E-state index contributed by atoms with van der Waals surface area (Å²) in [5.41, 5.74) is 3.31. The van der Waals surface area contributed by atoms with Crippen LogP contribution in [0.1, 0.15) is 36.7 Å². The highest BCUT2D eigenvalue weighted by Crippen LogP contribution is 2.23. The molecule has 2 heterocycles. The van der Waals surface area contributed by atoms with Crippen LogP contribution in [0.2, 0.25) is 0 Å². The number of rotatable bonds is 2. The van der Waals surface area contributed by atoms with E-state index in [0.29, 0.717) is 0 Å². The van der Waals surface area contributed by atoms with Gasteiger partial charge in [-0.05, 0) is 35.2 Å². The molecule has 4 heteroatoms. The minimum absolute atomic E-state index is 0.109. The van der Waals surface area contributed by atoms with E-state index < -0.39 is 0 Å². The Kier molecular flexibility index (Phi) is 4.56. The van der Waals surface area contributed by atoms with Crippen LogP contribution in [0.15, 0.2) is 48.8 Å². The van der Waals surface area contributed by atoms with Crippen molar-refractivity contribution in [3.8, 4) is 0 Å². The summed E-state index contributed by atoms with van der Waals surface area (Å²) < 4.78 is 0. The van der Waals surface area contributed by atoms with E-state index in [1.54, 1.807) is 0 Å². The normalized spacial score (nSPS) is 15.5. The Labute approximate surface area is 144 Å². The summed E-state index contributed by atoms with van der Waals surface area (Å²) in [7, 11) is 0. The highest BCUT2D eigenvalue weighted by Gasteiger charge is 2.22. The van der Waals surface area contributed by atoms with Crippen LogP contribution in [0.5, 0.6) is 0 Å². The summed E-state index contributed by atoms with van der Waals surface area (Å²) in [4.78, 5) is 21.0. The molecule has 1 aliphatic heterocycles. The molecule has 2 aromatic rings. The lowest BCUT2D eigenvalue weighted by Crippen LogP contribution is -2.48. The van der Waals surface area contributed by atoms with Crippen LogP contribution in [0.25, 0.3) is 0 Å². The molecule has 0 radical (unpaired) electrons. The first-order chi connectivity index (χ1) is 11.4. The Balaban J connectivity index is 1.63. The molecule has 4 nitrogen and oxygen atoms in total. The number of piperazine rings is 1. The van der Waals surface area contributed by atoms with Crippen molar-refractivity contribution in [1.29, 1.82) is 0 Å². The molecular weight excluding hydrogens is 298 g/mol. The van der Waals surface area contributed by atoms with Gasteiger partial charge < -0.3 is 9.80 Å². The van der Waals surface area contributed by atoms with Crippen molar-refractivity contribution in [2.45, 2.75) is 26.2 Å². The Hall–Kier alpha value is -2.36. The van der Waals surface area contributed by atoms with Gasteiger partial charge in [0.2, 0.25) is 0 Å². The smallest absolute Gasteiger partial charge is 0.253 e. The van der Waals surface area contributed by atoms with Gasteiger partial charge >= 0.3 is 0 Å². The number of pyridine rings is 1. The zero-order valence-corrected chi connectivity index (χ0v) is 14.7. The molecule has 0 saturated carbocycles. The maximum absolute atomic E-state index is 12.7. The van der Waals surface area contributed by atoms with Crippen molar-refractivity contribution in [1.82, 2.24) is 9.88 Å². The number of hydrogen-bond acceptors (Lipinski definition) is 3. The van der Waals surface area contributed by atoms with E-state index in [9.17, 15) is 4.79 Å². The Morgan fingerprint density at radius 1 is 0.917 bits per heavy atom. The van der Waals surface area contributed by atoms with Gasteiger partial charge in [0.1, 0.15) is 0 Å². The molecule has 24 heavy (non-hydrogen) atoms. The van der Waals surface area contributed by atoms with Crippen LogP contribution in [-0.4, -0.2) is 42.0 Å². The molecule has 1 aliphatic rings. The minimum atomic E-state index is 0.109. The highest BCUT2D eigenvalue weighted by molar-refractivity contribution is 5.94. The fourth-order valence-corrected chi connectivity index (χ4v) is 3.02. The van der Waals surface area contributed by atoms with Gasteiger partial charge in [-0.2, -0.15) is 0 Å². The molecule has 0 unspecified atom stereocenters. The fourth-order valence-electron chi connectivity index (χ4n) is 3.02. The van der Waals surface area contributed by atoms with Crippen molar-refractivity contribution >= 4 is 11.6 Å². The first-order valence-corrected chi connectivity index (χ1v) is 8.50. The molecule has 0 spiro atoms. The van der Waals surface area contributed by atoms with Crippen molar-refractivity contribution in [3.63, 3.8) is 0 Å².